The van der Waals surface area contributed by atoms with E-state index >= 15 is 0 Å². The first-order valence-corrected chi connectivity index (χ1v) is 8.92. The van der Waals surface area contributed by atoms with Crippen molar-refractivity contribution in [3.8, 4) is 11.5 Å². The van der Waals surface area contributed by atoms with Crippen molar-refractivity contribution >= 4 is 28.1 Å². The summed E-state index contributed by atoms with van der Waals surface area (Å²) >= 11 is 3.36. The van der Waals surface area contributed by atoms with Gasteiger partial charge in [0, 0.05) is 22.0 Å². The summed E-state index contributed by atoms with van der Waals surface area (Å²) in [5.41, 5.74) is 4.96. The van der Waals surface area contributed by atoms with Gasteiger partial charge in [-0.2, -0.15) is 5.10 Å². The minimum absolute atomic E-state index is 0.159. The molecule has 1 aliphatic rings. The minimum atomic E-state index is -0.285. The van der Waals surface area contributed by atoms with Gasteiger partial charge >= 0.3 is 0 Å². The van der Waals surface area contributed by atoms with E-state index < -0.39 is 0 Å². The molecule has 2 aromatic rings. The summed E-state index contributed by atoms with van der Waals surface area (Å²) in [5, 5.41) is 4.07. The fourth-order valence-electron chi connectivity index (χ4n) is 2.70. The number of nitrogens with zero attached hydrogens (tertiary/aromatic N) is 1. The van der Waals surface area contributed by atoms with E-state index in [2.05, 4.69) is 26.5 Å². The molecular formula is C19H19BrN2O3. The van der Waals surface area contributed by atoms with Crippen LogP contribution in [0.5, 0.6) is 11.5 Å². The normalized spacial score (nSPS) is 15.7. The van der Waals surface area contributed by atoms with Gasteiger partial charge in [0.25, 0.3) is 5.91 Å². The topological polar surface area (TPSA) is 59.9 Å². The van der Waals surface area contributed by atoms with Gasteiger partial charge in [-0.05, 0) is 54.0 Å². The molecule has 25 heavy (non-hydrogen) atoms. The lowest BCUT2D eigenvalue weighted by Gasteiger charge is -2.09. The standard InChI is InChI=1S/C19H19BrN2O3/c1-3-24-17-9-13-8-12(2)25-18(13)10-14(17)11-21-22-19(23)15-6-4-5-7-16(15)20/h4-7,9-12H,3,8H2,1-2H3,(H,22,23)/b21-11-/t12-/m1/s1. The summed E-state index contributed by atoms with van der Waals surface area (Å²) in [4.78, 5) is 12.2. The molecule has 6 heteroatoms. The molecule has 0 fully saturated rings. The monoisotopic (exact) mass is 402 g/mol. The molecular weight excluding hydrogens is 384 g/mol. The lowest BCUT2D eigenvalue weighted by atomic mass is 10.1. The van der Waals surface area contributed by atoms with Gasteiger partial charge in [-0.25, -0.2) is 5.43 Å². The van der Waals surface area contributed by atoms with Crippen molar-refractivity contribution in [2.45, 2.75) is 26.4 Å². The van der Waals surface area contributed by atoms with E-state index in [1.165, 1.54) is 0 Å². The Kier molecular flexibility index (Phi) is 5.38. The average Bonchev–Trinajstić information content (AvgIpc) is 2.94. The van der Waals surface area contributed by atoms with Crippen LogP contribution in [0.1, 0.15) is 35.3 Å². The van der Waals surface area contributed by atoms with Crippen molar-refractivity contribution in [2.24, 2.45) is 5.10 Å². The number of hydrogen-bond donors (Lipinski definition) is 1. The van der Waals surface area contributed by atoms with Crippen LogP contribution in [0.25, 0.3) is 0 Å². The van der Waals surface area contributed by atoms with Crippen LogP contribution >= 0.6 is 15.9 Å². The largest absolute Gasteiger partial charge is 0.493 e. The molecule has 0 aromatic heterocycles. The van der Waals surface area contributed by atoms with E-state index in [1.807, 2.05) is 38.1 Å². The van der Waals surface area contributed by atoms with Crippen LogP contribution in [0.4, 0.5) is 0 Å². The van der Waals surface area contributed by atoms with Gasteiger partial charge in [-0.1, -0.05) is 12.1 Å². The Labute approximate surface area is 155 Å². The van der Waals surface area contributed by atoms with Gasteiger partial charge in [-0.3, -0.25) is 4.79 Å². The molecule has 1 aliphatic heterocycles. The Morgan fingerprint density at radius 3 is 3.00 bits per heavy atom. The number of amides is 1. The SMILES string of the molecule is CCOc1cc2c(cc1/C=N\NC(=O)c1ccccc1Br)O[C@H](C)C2. The Balaban J connectivity index is 1.78. The summed E-state index contributed by atoms with van der Waals surface area (Å²) in [6.07, 6.45) is 2.60. The van der Waals surface area contributed by atoms with Gasteiger partial charge in [0.1, 0.15) is 17.6 Å². The molecule has 1 N–H and O–H groups in total. The molecule has 130 valence electrons. The number of benzene rings is 2. The fourth-order valence-corrected chi connectivity index (χ4v) is 3.17. The minimum Gasteiger partial charge on any atom is -0.493 e. The van der Waals surface area contributed by atoms with Crippen molar-refractivity contribution in [1.29, 1.82) is 0 Å². The van der Waals surface area contributed by atoms with Crippen LogP contribution in [0.3, 0.4) is 0 Å². The molecule has 2 aromatic carbocycles. The summed E-state index contributed by atoms with van der Waals surface area (Å²) in [6, 6.07) is 11.1. The van der Waals surface area contributed by atoms with E-state index in [1.54, 1.807) is 18.3 Å². The molecule has 3 rings (SSSR count). The molecule has 0 saturated heterocycles. The lowest BCUT2D eigenvalue weighted by molar-refractivity contribution is 0.0954. The predicted molar refractivity (Wildman–Crippen MR) is 101 cm³/mol. The Bertz CT molecular complexity index is 820. The molecule has 1 atom stereocenters. The number of ether oxygens (including phenoxy) is 2. The molecule has 0 saturated carbocycles. The summed E-state index contributed by atoms with van der Waals surface area (Å²) in [5.74, 6) is 1.29. The van der Waals surface area contributed by atoms with Crippen LogP contribution in [0.2, 0.25) is 0 Å². The molecule has 0 aliphatic carbocycles. The van der Waals surface area contributed by atoms with Gasteiger partial charge in [-0.15, -0.1) is 0 Å². The van der Waals surface area contributed by atoms with Crippen LogP contribution in [-0.2, 0) is 6.42 Å². The number of halogens is 1. The van der Waals surface area contributed by atoms with Crippen molar-refractivity contribution < 1.29 is 14.3 Å². The Morgan fingerprint density at radius 1 is 1.44 bits per heavy atom. The summed E-state index contributed by atoms with van der Waals surface area (Å²) in [7, 11) is 0. The van der Waals surface area contributed by atoms with Gasteiger partial charge in [0.15, 0.2) is 0 Å². The molecule has 5 nitrogen and oxygen atoms in total. The molecule has 1 heterocycles. The second-order valence-corrected chi connectivity index (χ2v) is 6.60. The maximum atomic E-state index is 12.2. The Hall–Kier alpha value is -2.34. The number of carbonyl (C=O) groups excluding carboxylic acids is 1. The molecule has 0 bridgehead atoms. The average molecular weight is 403 g/mol. The highest BCUT2D eigenvalue weighted by atomic mass is 79.9. The van der Waals surface area contributed by atoms with Gasteiger partial charge in [0.05, 0.1) is 18.4 Å². The number of hydrogen-bond acceptors (Lipinski definition) is 4. The van der Waals surface area contributed by atoms with Crippen LogP contribution in [-0.4, -0.2) is 24.8 Å². The third-order valence-corrected chi connectivity index (χ3v) is 4.51. The molecule has 1 amide bonds. The molecule has 0 radical (unpaired) electrons. The first-order chi connectivity index (χ1) is 12.1. The van der Waals surface area contributed by atoms with Crippen molar-refractivity contribution in [2.75, 3.05) is 6.61 Å². The van der Waals surface area contributed by atoms with Crippen molar-refractivity contribution in [3.05, 3.63) is 57.6 Å². The lowest BCUT2D eigenvalue weighted by Crippen LogP contribution is -2.18. The Morgan fingerprint density at radius 2 is 2.24 bits per heavy atom. The highest BCUT2D eigenvalue weighted by Gasteiger charge is 2.21. The van der Waals surface area contributed by atoms with Crippen molar-refractivity contribution in [1.82, 2.24) is 5.43 Å². The number of hydrazone groups is 1. The second kappa shape index (κ2) is 7.70. The third kappa shape index (κ3) is 4.02. The molecule has 0 spiro atoms. The fraction of sp³-hybridized carbons (Fsp3) is 0.263. The van der Waals surface area contributed by atoms with E-state index in [9.17, 15) is 4.79 Å². The zero-order valence-corrected chi connectivity index (χ0v) is 15.7. The highest BCUT2D eigenvalue weighted by molar-refractivity contribution is 9.10. The first-order valence-electron chi connectivity index (χ1n) is 8.12. The maximum Gasteiger partial charge on any atom is 0.272 e. The van der Waals surface area contributed by atoms with Crippen molar-refractivity contribution in [3.63, 3.8) is 0 Å². The van der Waals surface area contributed by atoms with E-state index in [0.29, 0.717) is 12.2 Å². The van der Waals surface area contributed by atoms with Crippen LogP contribution in [0, 0.1) is 0 Å². The van der Waals surface area contributed by atoms with Crippen LogP contribution < -0.4 is 14.9 Å². The third-order valence-electron chi connectivity index (χ3n) is 3.82. The smallest absolute Gasteiger partial charge is 0.272 e. The zero-order chi connectivity index (χ0) is 17.8. The highest BCUT2D eigenvalue weighted by Crippen LogP contribution is 2.34. The predicted octanol–water partition coefficient (Wildman–Crippen LogP) is 3.94. The number of nitrogens with one attached hydrogen (secondary N) is 1. The first kappa shape index (κ1) is 17.5. The van der Waals surface area contributed by atoms with Crippen LogP contribution in [0.15, 0.2) is 46.0 Å². The van der Waals surface area contributed by atoms with E-state index in [4.69, 9.17) is 9.47 Å². The number of carbonyl (C=O) groups is 1. The summed E-state index contributed by atoms with van der Waals surface area (Å²) < 4.78 is 12.2. The number of rotatable bonds is 5. The summed E-state index contributed by atoms with van der Waals surface area (Å²) in [6.45, 7) is 4.52. The zero-order valence-electron chi connectivity index (χ0n) is 14.1. The van der Waals surface area contributed by atoms with Gasteiger partial charge in [0.2, 0.25) is 0 Å². The quantitative estimate of drug-likeness (QED) is 0.608. The van der Waals surface area contributed by atoms with E-state index in [0.717, 1.165) is 33.5 Å². The second-order valence-electron chi connectivity index (χ2n) is 5.74. The number of fused-ring (bicyclic) bond motifs is 1. The van der Waals surface area contributed by atoms with E-state index in [-0.39, 0.29) is 12.0 Å². The molecule has 0 unspecified atom stereocenters. The van der Waals surface area contributed by atoms with Gasteiger partial charge < -0.3 is 9.47 Å². The maximum absolute atomic E-state index is 12.2.